The van der Waals surface area contributed by atoms with Gasteiger partial charge in [-0.15, -0.1) is 0 Å². The molecule has 7 heteroatoms. The molecule has 0 radical (unpaired) electrons. The van der Waals surface area contributed by atoms with E-state index in [1.807, 2.05) is 0 Å². The van der Waals surface area contributed by atoms with Crippen molar-refractivity contribution in [3.8, 4) is 0 Å². The lowest BCUT2D eigenvalue weighted by Crippen LogP contribution is -2.48. The number of benzene rings is 1. The molecule has 2 atom stereocenters. The van der Waals surface area contributed by atoms with E-state index in [1.54, 1.807) is 4.90 Å². The Bertz CT molecular complexity index is 980. The smallest absolute Gasteiger partial charge is 0.270 e. The van der Waals surface area contributed by atoms with Crippen molar-refractivity contribution in [2.24, 2.45) is 16.6 Å². The fourth-order valence-corrected chi connectivity index (χ4v) is 4.37. The van der Waals surface area contributed by atoms with Crippen molar-refractivity contribution >= 4 is 17.4 Å². The number of ether oxygens (including phenoxy) is 1. The van der Waals surface area contributed by atoms with Gasteiger partial charge in [-0.2, -0.15) is 0 Å². The number of hydrogen-bond donors (Lipinski definition) is 2. The largest absolute Gasteiger partial charge is 0.394 e. The summed E-state index contributed by atoms with van der Waals surface area (Å²) in [4.78, 5) is 29.5. The van der Waals surface area contributed by atoms with Crippen LogP contribution >= 0.6 is 0 Å². The summed E-state index contributed by atoms with van der Waals surface area (Å²) in [6.07, 6.45) is 10.2. The molecule has 2 unspecified atom stereocenters. The average molecular weight is 602 g/mol. The van der Waals surface area contributed by atoms with Gasteiger partial charge in [0, 0.05) is 24.4 Å². The summed E-state index contributed by atoms with van der Waals surface area (Å²) in [7, 11) is 0. The Morgan fingerprint density at radius 1 is 1.07 bits per heavy atom. The average Bonchev–Trinajstić information content (AvgIpc) is 3.50. The van der Waals surface area contributed by atoms with Gasteiger partial charge in [0.1, 0.15) is 5.70 Å². The third-order valence-corrected chi connectivity index (χ3v) is 7.99. The molecule has 1 aromatic carbocycles. The Kier molecular flexibility index (Phi) is 22.5. The number of aryl methyl sites for hydroxylation is 2. The minimum absolute atomic E-state index is 0.0115. The third kappa shape index (κ3) is 16.8. The monoisotopic (exact) mass is 601 g/mol. The van der Waals surface area contributed by atoms with Gasteiger partial charge >= 0.3 is 0 Å². The van der Waals surface area contributed by atoms with Crippen molar-refractivity contribution in [3.05, 3.63) is 46.2 Å². The predicted octanol–water partition coefficient (Wildman–Crippen LogP) is 7.27. The summed E-state index contributed by atoms with van der Waals surface area (Å²) >= 11 is 0. The standard InChI is InChI=1S/C15H23N3O4.C9H12.C8H18.C4H10/c1-10(20)7-17-13-4-2-3-12(13)14(16)15(21)18-5-6-22-11(8-18)9-19;1-7-5-4-6-8(2)9(7)3;1-4-6-7-8(3)5-2;1-3-4-2/h11,19H,2-9,16H2,1H3;4-6H,1-3H3;8H,4-7H2,1-3H3;3-4H2,1-2H3/b14-12-,17-13?;;;. The number of ketones is 1. The molecule has 0 spiro atoms. The molecule has 2 fully saturated rings. The highest BCUT2D eigenvalue weighted by atomic mass is 16.5. The fraction of sp³-hybridized carbons (Fsp3) is 0.694. The minimum atomic E-state index is -0.357. The molecule has 0 bridgehead atoms. The maximum Gasteiger partial charge on any atom is 0.270 e. The van der Waals surface area contributed by atoms with Crippen molar-refractivity contribution in [3.63, 3.8) is 0 Å². The first-order valence-corrected chi connectivity index (χ1v) is 16.5. The number of nitrogens with two attached hydrogens (primary N) is 1. The zero-order chi connectivity index (χ0) is 32.8. The molecule has 43 heavy (non-hydrogen) atoms. The molecule has 7 nitrogen and oxygen atoms in total. The Balaban J connectivity index is 0.000000687. The van der Waals surface area contributed by atoms with Crippen LogP contribution in [0.25, 0.3) is 0 Å². The number of aliphatic hydroxyl groups is 1. The van der Waals surface area contributed by atoms with E-state index in [9.17, 15) is 9.59 Å². The van der Waals surface area contributed by atoms with E-state index in [0.29, 0.717) is 26.1 Å². The molecule has 0 aromatic heterocycles. The summed E-state index contributed by atoms with van der Waals surface area (Å²) in [5.41, 5.74) is 12.0. The number of amides is 1. The second-order valence-corrected chi connectivity index (χ2v) is 11.8. The normalized spacial score (nSPS) is 18.8. The van der Waals surface area contributed by atoms with Crippen molar-refractivity contribution < 1.29 is 19.4 Å². The zero-order valence-electron chi connectivity index (χ0n) is 28.9. The van der Waals surface area contributed by atoms with E-state index in [1.165, 1.54) is 62.1 Å². The highest BCUT2D eigenvalue weighted by Crippen LogP contribution is 2.25. The van der Waals surface area contributed by atoms with Crippen LogP contribution in [0.1, 0.15) is 116 Å². The Hall–Kier alpha value is -2.51. The first-order valence-electron chi connectivity index (χ1n) is 16.5. The van der Waals surface area contributed by atoms with Crippen molar-refractivity contribution in [2.75, 3.05) is 32.8 Å². The molecule has 246 valence electrons. The van der Waals surface area contributed by atoms with Crippen LogP contribution in [0, 0.1) is 26.7 Å². The first-order chi connectivity index (χ1) is 20.5. The van der Waals surface area contributed by atoms with Gasteiger partial charge < -0.3 is 20.5 Å². The predicted molar refractivity (Wildman–Crippen MR) is 182 cm³/mol. The number of rotatable bonds is 9. The highest BCUT2D eigenvalue weighted by molar-refractivity contribution is 6.09. The molecule has 3 N–H and O–H groups in total. The quantitative estimate of drug-likeness (QED) is 0.290. The number of aliphatic hydroxyl groups excluding tert-OH is 1. The summed E-state index contributed by atoms with van der Waals surface area (Å²) < 4.78 is 5.34. The molecule has 1 aliphatic carbocycles. The maximum absolute atomic E-state index is 12.5. The third-order valence-electron chi connectivity index (χ3n) is 7.99. The van der Waals surface area contributed by atoms with Gasteiger partial charge in [-0.05, 0) is 69.6 Å². The molecule has 2 aliphatic rings. The van der Waals surface area contributed by atoms with Gasteiger partial charge in [0.25, 0.3) is 5.91 Å². The summed E-state index contributed by atoms with van der Waals surface area (Å²) in [5.74, 6) is 0.701. The number of allylic oxidation sites excluding steroid dienone is 1. The summed E-state index contributed by atoms with van der Waals surface area (Å²) in [6.45, 7) is 20.3. The van der Waals surface area contributed by atoms with Crippen LogP contribution in [-0.4, -0.2) is 66.4 Å². The number of nitrogens with zero attached hydrogens (tertiary/aromatic N) is 2. The van der Waals surface area contributed by atoms with Crippen LogP contribution in [0.4, 0.5) is 0 Å². The SMILES string of the molecule is CC(=O)CN=C1CCC/C1=C(/N)C(=O)N1CCOC(CO)C1.CCCC.CCCCC(C)CC.Cc1cccc(C)c1C. The van der Waals surface area contributed by atoms with Gasteiger partial charge in [-0.3, -0.25) is 14.6 Å². The Labute approximate surface area is 263 Å². The molecule has 1 saturated heterocycles. The van der Waals surface area contributed by atoms with Crippen molar-refractivity contribution in [1.29, 1.82) is 0 Å². The van der Waals surface area contributed by atoms with Crippen LogP contribution in [0.3, 0.4) is 0 Å². The Morgan fingerprint density at radius 2 is 1.70 bits per heavy atom. The van der Waals surface area contributed by atoms with Crippen LogP contribution in [-0.2, 0) is 14.3 Å². The van der Waals surface area contributed by atoms with Crippen molar-refractivity contribution in [1.82, 2.24) is 4.90 Å². The first kappa shape index (κ1) is 40.5. The van der Waals surface area contributed by atoms with E-state index >= 15 is 0 Å². The number of carbonyl (C=O) groups is 2. The van der Waals surface area contributed by atoms with Gasteiger partial charge in [0.05, 0.1) is 25.9 Å². The van der Waals surface area contributed by atoms with Crippen LogP contribution in [0.5, 0.6) is 0 Å². The molecule has 1 aromatic rings. The number of carbonyl (C=O) groups excluding carboxylic acids is 2. The molecular formula is C36H63N3O4. The zero-order valence-corrected chi connectivity index (χ0v) is 28.9. The molecule has 3 rings (SSSR count). The second-order valence-electron chi connectivity index (χ2n) is 11.8. The second kappa shape index (κ2) is 23.9. The Morgan fingerprint density at radius 3 is 2.19 bits per heavy atom. The lowest BCUT2D eigenvalue weighted by molar-refractivity contribution is -0.136. The molecule has 1 saturated carbocycles. The summed E-state index contributed by atoms with van der Waals surface area (Å²) in [6, 6.07) is 6.38. The molecule has 1 heterocycles. The lowest BCUT2D eigenvalue weighted by atomic mass is 10.0. The van der Waals surface area contributed by atoms with Gasteiger partial charge in [0.2, 0.25) is 0 Å². The van der Waals surface area contributed by atoms with Crippen LogP contribution in [0.15, 0.2) is 34.5 Å². The van der Waals surface area contributed by atoms with E-state index < -0.39 is 0 Å². The highest BCUT2D eigenvalue weighted by Gasteiger charge is 2.28. The van der Waals surface area contributed by atoms with Gasteiger partial charge in [-0.1, -0.05) is 91.3 Å². The van der Waals surface area contributed by atoms with Crippen molar-refractivity contribution in [2.45, 2.75) is 126 Å². The maximum atomic E-state index is 12.5. The molecule has 1 amide bonds. The van der Waals surface area contributed by atoms with E-state index in [-0.39, 0.29) is 36.6 Å². The van der Waals surface area contributed by atoms with Crippen LogP contribution < -0.4 is 5.73 Å². The number of morpholine rings is 1. The topological polar surface area (TPSA) is 105 Å². The van der Waals surface area contributed by atoms with E-state index in [0.717, 1.165) is 30.0 Å². The fourth-order valence-electron chi connectivity index (χ4n) is 4.37. The van der Waals surface area contributed by atoms with E-state index in [4.69, 9.17) is 15.6 Å². The summed E-state index contributed by atoms with van der Waals surface area (Å²) in [5, 5.41) is 9.15. The lowest BCUT2D eigenvalue weighted by Gasteiger charge is -2.32. The van der Waals surface area contributed by atoms with Gasteiger partial charge in [0.15, 0.2) is 5.78 Å². The molecular weight excluding hydrogens is 538 g/mol. The number of unbranched alkanes of at least 4 members (excludes halogenated alkanes) is 2. The van der Waals surface area contributed by atoms with Gasteiger partial charge in [-0.25, -0.2) is 0 Å². The molecule has 1 aliphatic heterocycles. The van der Waals surface area contributed by atoms with Crippen LogP contribution in [0.2, 0.25) is 0 Å². The number of Topliss-reactive ketones (excluding diaryl/α,β-unsaturated/α-hetero) is 1. The van der Waals surface area contributed by atoms with E-state index in [2.05, 4.69) is 78.6 Å². The number of aliphatic imine (C=N–C) groups is 1. The number of hydrogen-bond acceptors (Lipinski definition) is 6. The minimum Gasteiger partial charge on any atom is -0.394 e.